The first kappa shape index (κ1) is 15.7. The number of nitrogens with two attached hydrogens (primary N) is 1. The molecule has 0 bridgehead atoms. The summed E-state index contributed by atoms with van der Waals surface area (Å²) < 4.78 is 0. The number of amides is 1. The van der Waals surface area contributed by atoms with E-state index in [2.05, 4.69) is 22.1 Å². The first-order valence-corrected chi connectivity index (χ1v) is 6.98. The lowest BCUT2D eigenvalue weighted by Crippen LogP contribution is -2.13. The van der Waals surface area contributed by atoms with Crippen molar-refractivity contribution in [3.05, 3.63) is 50.7 Å². The Morgan fingerprint density at radius 3 is 2.67 bits per heavy atom. The molecule has 0 aliphatic carbocycles. The second kappa shape index (κ2) is 6.88. The third-order valence-corrected chi connectivity index (χ3v) is 3.45. The van der Waals surface area contributed by atoms with Crippen molar-refractivity contribution >= 4 is 46.4 Å². The monoisotopic (exact) mass is 341 g/mol. The van der Waals surface area contributed by atoms with Crippen molar-refractivity contribution in [1.82, 2.24) is 4.98 Å². The molecule has 0 aliphatic heterocycles. The molecule has 2 rings (SSSR count). The van der Waals surface area contributed by atoms with Gasteiger partial charge >= 0.3 is 0 Å². The summed E-state index contributed by atoms with van der Waals surface area (Å²) in [6, 6.07) is 6.43. The lowest BCUT2D eigenvalue weighted by Gasteiger charge is -2.07. The van der Waals surface area contributed by atoms with E-state index in [1.165, 1.54) is 6.07 Å². The number of hydrogen-bond acceptors (Lipinski definition) is 2. The molecule has 0 spiro atoms. The smallest absolute Gasteiger partial charge is 0.272 e. The molecule has 1 aromatic carbocycles. The third-order valence-electron chi connectivity index (χ3n) is 2.52. The second-order valence-corrected chi connectivity index (χ2v) is 5.22. The zero-order chi connectivity index (χ0) is 15.4. The lowest BCUT2D eigenvalue weighted by molar-refractivity contribution is 0.102. The van der Waals surface area contributed by atoms with E-state index in [9.17, 15) is 4.79 Å². The topological polar surface area (TPSA) is 70.9 Å². The van der Waals surface area contributed by atoms with E-state index in [0.717, 1.165) is 0 Å². The molecule has 7 heteroatoms. The van der Waals surface area contributed by atoms with Gasteiger partial charge in [0.2, 0.25) is 0 Å². The SMILES string of the molecule is NCC#Cc1ccc(Cl)cc1NC(=O)c1cc(Cl)c(Cl)[nH]1. The van der Waals surface area contributed by atoms with Gasteiger partial charge in [0.05, 0.1) is 17.3 Å². The Balaban J connectivity index is 2.29. The van der Waals surface area contributed by atoms with Crippen LogP contribution in [-0.4, -0.2) is 17.4 Å². The fraction of sp³-hybridized carbons (Fsp3) is 0.0714. The summed E-state index contributed by atoms with van der Waals surface area (Å²) >= 11 is 17.5. The standard InChI is InChI=1S/C14H10Cl3N3O/c15-9-4-3-8(2-1-5-18)11(6-9)20-14(21)12-7-10(16)13(17)19-12/h3-4,6-7,19H,5,18H2,(H,20,21). The van der Waals surface area contributed by atoms with Crippen molar-refractivity contribution < 1.29 is 4.79 Å². The van der Waals surface area contributed by atoms with Crippen LogP contribution in [0, 0.1) is 11.8 Å². The quantitative estimate of drug-likeness (QED) is 0.731. The molecule has 1 amide bonds. The van der Waals surface area contributed by atoms with Gasteiger partial charge in [-0.05, 0) is 24.3 Å². The minimum absolute atomic E-state index is 0.205. The maximum atomic E-state index is 12.1. The molecule has 0 saturated carbocycles. The van der Waals surface area contributed by atoms with Gasteiger partial charge in [-0.3, -0.25) is 4.79 Å². The van der Waals surface area contributed by atoms with Crippen molar-refractivity contribution in [3.8, 4) is 11.8 Å². The number of H-pyrrole nitrogens is 1. The highest BCUT2D eigenvalue weighted by Crippen LogP contribution is 2.24. The molecule has 0 atom stereocenters. The van der Waals surface area contributed by atoms with Crippen LogP contribution in [-0.2, 0) is 0 Å². The highest BCUT2D eigenvalue weighted by Gasteiger charge is 2.13. The molecule has 4 N–H and O–H groups in total. The average molecular weight is 343 g/mol. The molecule has 0 unspecified atom stereocenters. The highest BCUT2D eigenvalue weighted by atomic mass is 35.5. The summed E-state index contributed by atoms with van der Waals surface area (Å²) in [4.78, 5) is 14.8. The van der Waals surface area contributed by atoms with E-state index < -0.39 is 5.91 Å². The van der Waals surface area contributed by atoms with Crippen molar-refractivity contribution in [3.63, 3.8) is 0 Å². The van der Waals surface area contributed by atoms with Crippen molar-refractivity contribution in [2.24, 2.45) is 5.73 Å². The van der Waals surface area contributed by atoms with E-state index in [1.807, 2.05) is 0 Å². The Labute approximate surface area is 136 Å². The molecule has 1 heterocycles. The van der Waals surface area contributed by atoms with E-state index in [0.29, 0.717) is 16.3 Å². The van der Waals surface area contributed by atoms with Gasteiger partial charge in [-0.1, -0.05) is 46.6 Å². The van der Waals surface area contributed by atoms with E-state index >= 15 is 0 Å². The maximum absolute atomic E-state index is 12.1. The van der Waals surface area contributed by atoms with Crippen LogP contribution in [0.5, 0.6) is 0 Å². The third kappa shape index (κ3) is 3.93. The molecular weight excluding hydrogens is 333 g/mol. The Hall–Kier alpha value is -1.64. The van der Waals surface area contributed by atoms with Crippen LogP contribution >= 0.6 is 34.8 Å². The first-order valence-electron chi connectivity index (χ1n) is 5.85. The van der Waals surface area contributed by atoms with Crippen LogP contribution in [0.15, 0.2) is 24.3 Å². The van der Waals surface area contributed by atoms with Crippen molar-refractivity contribution in [2.45, 2.75) is 0 Å². The fourth-order valence-corrected chi connectivity index (χ4v) is 2.08. The number of aromatic amines is 1. The van der Waals surface area contributed by atoms with Crippen LogP contribution in [0.4, 0.5) is 5.69 Å². The molecule has 0 saturated heterocycles. The van der Waals surface area contributed by atoms with E-state index in [4.69, 9.17) is 40.5 Å². The Morgan fingerprint density at radius 1 is 1.29 bits per heavy atom. The van der Waals surface area contributed by atoms with Crippen LogP contribution in [0.1, 0.15) is 16.1 Å². The highest BCUT2D eigenvalue weighted by molar-refractivity contribution is 6.41. The summed E-state index contributed by atoms with van der Waals surface area (Å²) in [6.45, 7) is 0.220. The summed E-state index contributed by atoms with van der Waals surface area (Å²) in [7, 11) is 0. The van der Waals surface area contributed by atoms with Crippen LogP contribution < -0.4 is 11.1 Å². The summed E-state index contributed by atoms with van der Waals surface area (Å²) in [5, 5.41) is 3.66. The van der Waals surface area contributed by atoms with Crippen LogP contribution in [0.2, 0.25) is 15.2 Å². The van der Waals surface area contributed by atoms with Gasteiger partial charge in [-0.15, -0.1) is 0 Å². The Morgan fingerprint density at radius 2 is 2.05 bits per heavy atom. The van der Waals surface area contributed by atoms with E-state index in [-0.39, 0.29) is 22.4 Å². The number of nitrogens with one attached hydrogen (secondary N) is 2. The minimum Gasteiger partial charge on any atom is -0.340 e. The zero-order valence-electron chi connectivity index (χ0n) is 10.6. The van der Waals surface area contributed by atoms with Gasteiger partial charge in [0.25, 0.3) is 5.91 Å². The summed E-state index contributed by atoms with van der Waals surface area (Å²) in [6.07, 6.45) is 0. The molecule has 21 heavy (non-hydrogen) atoms. The predicted molar refractivity (Wildman–Crippen MR) is 86.2 cm³/mol. The number of anilines is 1. The predicted octanol–water partition coefficient (Wildman–Crippen LogP) is 3.54. The van der Waals surface area contributed by atoms with Gasteiger partial charge < -0.3 is 16.0 Å². The van der Waals surface area contributed by atoms with Gasteiger partial charge in [-0.2, -0.15) is 0 Å². The Bertz CT molecular complexity index is 724. The normalized spacial score (nSPS) is 9.90. The zero-order valence-corrected chi connectivity index (χ0v) is 12.9. The molecule has 108 valence electrons. The fourth-order valence-electron chi connectivity index (χ4n) is 1.59. The van der Waals surface area contributed by atoms with Gasteiger partial charge in [0, 0.05) is 10.6 Å². The summed E-state index contributed by atoms with van der Waals surface area (Å²) in [5.74, 6) is 5.19. The number of rotatable bonds is 2. The van der Waals surface area contributed by atoms with Gasteiger partial charge in [-0.25, -0.2) is 0 Å². The first-order chi connectivity index (χ1) is 10.0. The molecule has 0 aliphatic rings. The van der Waals surface area contributed by atoms with Crippen LogP contribution in [0.3, 0.4) is 0 Å². The maximum Gasteiger partial charge on any atom is 0.272 e. The molecular formula is C14H10Cl3N3O. The molecule has 0 radical (unpaired) electrons. The number of aromatic nitrogens is 1. The molecule has 0 fully saturated rings. The number of carbonyl (C=O) groups excluding carboxylic acids is 1. The lowest BCUT2D eigenvalue weighted by atomic mass is 10.1. The molecule has 4 nitrogen and oxygen atoms in total. The number of carbonyl (C=O) groups is 1. The van der Waals surface area contributed by atoms with E-state index in [1.54, 1.807) is 18.2 Å². The average Bonchev–Trinajstić information content (AvgIpc) is 2.78. The van der Waals surface area contributed by atoms with Crippen LogP contribution in [0.25, 0.3) is 0 Å². The second-order valence-electron chi connectivity index (χ2n) is 3.99. The largest absolute Gasteiger partial charge is 0.340 e. The van der Waals surface area contributed by atoms with Gasteiger partial charge in [0.1, 0.15) is 10.8 Å². The minimum atomic E-state index is -0.401. The molecule has 1 aromatic heterocycles. The number of hydrogen-bond donors (Lipinski definition) is 3. The Kier molecular flexibility index (Phi) is 5.16. The van der Waals surface area contributed by atoms with Gasteiger partial charge in [0.15, 0.2) is 0 Å². The number of halogens is 3. The molecule has 2 aromatic rings. The van der Waals surface area contributed by atoms with Crippen molar-refractivity contribution in [1.29, 1.82) is 0 Å². The number of benzene rings is 1. The van der Waals surface area contributed by atoms with Crippen molar-refractivity contribution in [2.75, 3.05) is 11.9 Å². The summed E-state index contributed by atoms with van der Waals surface area (Å²) in [5.41, 5.74) is 6.68.